The highest BCUT2D eigenvalue weighted by Crippen LogP contribution is 2.44. The monoisotopic (exact) mass is 497 g/mol. The lowest BCUT2D eigenvalue weighted by Gasteiger charge is -2.26. The van der Waals surface area contributed by atoms with Gasteiger partial charge in [0, 0.05) is 16.8 Å². The first kappa shape index (κ1) is 23.6. The van der Waals surface area contributed by atoms with E-state index in [4.69, 9.17) is 4.74 Å². The molecule has 2 heterocycles. The van der Waals surface area contributed by atoms with Gasteiger partial charge in [-0.15, -0.1) is 0 Å². The SMILES string of the molecule is O=C1C(=O)N(c2cccc(C(F)(F)F)c2)C(c2ccccc2F)/C1=C(\O)c1ccc2c(c1)CCCO2. The summed E-state index contributed by atoms with van der Waals surface area (Å²) in [5, 5.41) is 11.2. The number of Topliss-reactive ketones (excluding diaryl/α,β-unsaturated/α-hetero) is 1. The van der Waals surface area contributed by atoms with Gasteiger partial charge < -0.3 is 9.84 Å². The molecule has 0 saturated carbocycles. The number of halogens is 4. The van der Waals surface area contributed by atoms with Gasteiger partial charge in [-0.2, -0.15) is 13.2 Å². The average Bonchev–Trinajstić information content (AvgIpc) is 3.13. The number of aliphatic hydroxyl groups is 1. The van der Waals surface area contributed by atoms with Crippen LogP contribution in [0.3, 0.4) is 0 Å². The predicted molar refractivity (Wildman–Crippen MR) is 123 cm³/mol. The molecule has 0 radical (unpaired) electrons. The van der Waals surface area contributed by atoms with Crippen molar-refractivity contribution < 1.29 is 37.0 Å². The van der Waals surface area contributed by atoms with Gasteiger partial charge in [-0.3, -0.25) is 14.5 Å². The van der Waals surface area contributed by atoms with Crippen molar-refractivity contribution in [2.75, 3.05) is 11.5 Å². The van der Waals surface area contributed by atoms with Crippen LogP contribution < -0.4 is 9.64 Å². The van der Waals surface area contributed by atoms with Gasteiger partial charge in [0.1, 0.15) is 17.3 Å². The first-order valence-electron chi connectivity index (χ1n) is 11.2. The summed E-state index contributed by atoms with van der Waals surface area (Å²) in [6, 6.07) is 12.5. The Kier molecular flexibility index (Phi) is 5.78. The zero-order valence-electron chi connectivity index (χ0n) is 18.7. The molecule has 0 bridgehead atoms. The van der Waals surface area contributed by atoms with Crippen LogP contribution in [0.15, 0.2) is 72.3 Å². The van der Waals surface area contributed by atoms with Gasteiger partial charge in [-0.1, -0.05) is 24.3 Å². The third-order valence-electron chi connectivity index (χ3n) is 6.28. The molecule has 0 aliphatic carbocycles. The Morgan fingerprint density at radius 1 is 1.00 bits per heavy atom. The van der Waals surface area contributed by atoms with E-state index >= 15 is 0 Å². The van der Waals surface area contributed by atoms with Crippen LogP contribution in [-0.2, 0) is 22.2 Å². The molecule has 5 rings (SSSR count). The van der Waals surface area contributed by atoms with Crippen molar-refractivity contribution in [2.24, 2.45) is 0 Å². The Hall–Kier alpha value is -4.14. The number of alkyl halides is 3. The number of benzene rings is 3. The van der Waals surface area contributed by atoms with Crippen molar-refractivity contribution in [1.82, 2.24) is 0 Å². The number of amides is 1. The van der Waals surface area contributed by atoms with Crippen molar-refractivity contribution in [3.63, 3.8) is 0 Å². The van der Waals surface area contributed by atoms with Gasteiger partial charge in [-0.25, -0.2) is 4.39 Å². The molecule has 3 aromatic carbocycles. The third-order valence-corrected chi connectivity index (χ3v) is 6.28. The van der Waals surface area contributed by atoms with Crippen molar-refractivity contribution in [2.45, 2.75) is 25.1 Å². The number of hydrogen-bond acceptors (Lipinski definition) is 4. The summed E-state index contributed by atoms with van der Waals surface area (Å²) in [6.07, 6.45) is -3.28. The molecule has 36 heavy (non-hydrogen) atoms. The number of anilines is 1. The Balaban J connectivity index is 1.71. The zero-order valence-corrected chi connectivity index (χ0v) is 18.7. The number of ketones is 1. The summed E-state index contributed by atoms with van der Waals surface area (Å²) < 4.78 is 60.7. The van der Waals surface area contributed by atoms with Crippen LogP contribution in [0.2, 0.25) is 0 Å². The van der Waals surface area contributed by atoms with Gasteiger partial charge >= 0.3 is 6.18 Å². The topological polar surface area (TPSA) is 66.8 Å². The highest BCUT2D eigenvalue weighted by molar-refractivity contribution is 6.51. The van der Waals surface area contributed by atoms with E-state index in [1.54, 1.807) is 12.1 Å². The second-order valence-corrected chi connectivity index (χ2v) is 8.51. The normalized spacial score (nSPS) is 19.2. The van der Waals surface area contributed by atoms with Crippen LogP contribution >= 0.6 is 0 Å². The maximum atomic E-state index is 15.0. The van der Waals surface area contributed by atoms with Crippen molar-refractivity contribution >= 4 is 23.1 Å². The fraction of sp³-hybridized carbons (Fsp3) is 0.185. The molecule has 1 saturated heterocycles. The van der Waals surface area contributed by atoms with Crippen LogP contribution in [0.5, 0.6) is 5.75 Å². The molecule has 184 valence electrons. The lowest BCUT2D eigenvalue weighted by molar-refractivity contribution is -0.137. The molecule has 2 aliphatic rings. The van der Waals surface area contributed by atoms with Crippen LogP contribution in [0.25, 0.3) is 5.76 Å². The Bertz CT molecular complexity index is 1410. The molecular formula is C27H19F4NO4. The first-order valence-corrected chi connectivity index (χ1v) is 11.2. The average molecular weight is 497 g/mol. The maximum absolute atomic E-state index is 15.0. The Morgan fingerprint density at radius 2 is 1.78 bits per heavy atom. The van der Waals surface area contributed by atoms with E-state index < -0.39 is 46.6 Å². The van der Waals surface area contributed by atoms with E-state index in [2.05, 4.69) is 0 Å². The van der Waals surface area contributed by atoms with E-state index in [9.17, 15) is 32.3 Å². The molecule has 1 N–H and O–H groups in total. The smallest absolute Gasteiger partial charge is 0.416 e. The lowest BCUT2D eigenvalue weighted by atomic mass is 9.93. The molecule has 2 aliphatic heterocycles. The van der Waals surface area contributed by atoms with E-state index in [1.165, 1.54) is 30.3 Å². The summed E-state index contributed by atoms with van der Waals surface area (Å²) >= 11 is 0. The molecule has 1 unspecified atom stereocenters. The standard InChI is InChI=1S/C27H19F4NO4/c28-20-9-2-1-8-19(20)23-22(24(33)16-10-11-21-15(13-16)5-4-12-36-21)25(34)26(35)32(23)18-7-3-6-17(14-18)27(29,30)31/h1-3,6-11,13-14,23,33H,4-5,12H2/b24-22+. The minimum absolute atomic E-state index is 0.142. The number of nitrogens with zero attached hydrogens (tertiary/aromatic N) is 1. The van der Waals surface area contributed by atoms with Gasteiger partial charge in [0.15, 0.2) is 0 Å². The summed E-state index contributed by atoms with van der Waals surface area (Å²) in [5.74, 6) is -3.01. The summed E-state index contributed by atoms with van der Waals surface area (Å²) in [5.41, 5.74) is -0.847. The summed E-state index contributed by atoms with van der Waals surface area (Å²) in [4.78, 5) is 27.1. The zero-order chi connectivity index (χ0) is 25.6. The minimum atomic E-state index is -4.71. The lowest BCUT2D eigenvalue weighted by Crippen LogP contribution is -2.30. The number of aryl methyl sites for hydroxylation is 1. The number of rotatable bonds is 3. The number of ether oxygens (including phenoxy) is 1. The fourth-order valence-corrected chi connectivity index (χ4v) is 4.59. The highest BCUT2D eigenvalue weighted by Gasteiger charge is 2.48. The predicted octanol–water partition coefficient (Wildman–Crippen LogP) is 5.80. The van der Waals surface area contributed by atoms with E-state index in [0.29, 0.717) is 18.8 Å². The van der Waals surface area contributed by atoms with Gasteiger partial charge in [-0.05, 0) is 60.9 Å². The molecule has 3 aromatic rings. The van der Waals surface area contributed by atoms with Gasteiger partial charge in [0.2, 0.25) is 0 Å². The van der Waals surface area contributed by atoms with Gasteiger partial charge in [0.25, 0.3) is 11.7 Å². The number of carbonyl (C=O) groups excluding carboxylic acids is 2. The van der Waals surface area contributed by atoms with Gasteiger partial charge in [0.05, 0.1) is 23.8 Å². The van der Waals surface area contributed by atoms with Crippen LogP contribution in [-0.4, -0.2) is 23.4 Å². The van der Waals surface area contributed by atoms with Crippen molar-refractivity contribution in [1.29, 1.82) is 0 Å². The molecular weight excluding hydrogens is 478 g/mol. The number of carbonyl (C=O) groups is 2. The van der Waals surface area contributed by atoms with Crippen molar-refractivity contribution in [3.8, 4) is 5.75 Å². The molecule has 1 amide bonds. The Labute approximate surface area is 203 Å². The number of aliphatic hydroxyl groups excluding tert-OH is 1. The number of hydrogen-bond donors (Lipinski definition) is 1. The van der Waals surface area contributed by atoms with E-state index in [1.807, 2.05) is 0 Å². The first-order chi connectivity index (χ1) is 17.2. The summed E-state index contributed by atoms with van der Waals surface area (Å²) in [7, 11) is 0. The second-order valence-electron chi connectivity index (χ2n) is 8.51. The Morgan fingerprint density at radius 3 is 2.53 bits per heavy atom. The molecule has 0 spiro atoms. The molecule has 1 fully saturated rings. The van der Waals surface area contributed by atoms with Crippen LogP contribution in [0, 0.1) is 5.82 Å². The van der Waals surface area contributed by atoms with Crippen molar-refractivity contribution in [3.05, 3.63) is 100 Å². The molecule has 0 aromatic heterocycles. The van der Waals surface area contributed by atoms with Crippen LogP contribution in [0.1, 0.15) is 34.7 Å². The maximum Gasteiger partial charge on any atom is 0.416 e. The molecule has 9 heteroatoms. The minimum Gasteiger partial charge on any atom is -0.507 e. The molecule has 5 nitrogen and oxygen atoms in total. The van der Waals surface area contributed by atoms with E-state index in [-0.39, 0.29) is 16.8 Å². The van der Waals surface area contributed by atoms with E-state index in [0.717, 1.165) is 41.1 Å². The second kappa shape index (κ2) is 8.82. The number of fused-ring (bicyclic) bond motifs is 1. The quantitative estimate of drug-likeness (QED) is 0.215. The highest BCUT2D eigenvalue weighted by atomic mass is 19.4. The third kappa shape index (κ3) is 4.00. The summed E-state index contributed by atoms with van der Waals surface area (Å²) in [6.45, 7) is 0.549. The molecule has 1 atom stereocenters. The van der Waals surface area contributed by atoms with Crippen LogP contribution in [0.4, 0.5) is 23.2 Å². The largest absolute Gasteiger partial charge is 0.507 e. The fourth-order valence-electron chi connectivity index (χ4n) is 4.59.